The van der Waals surface area contributed by atoms with Crippen LogP contribution in [0.5, 0.6) is 0 Å². The summed E-state index contributed by atoms with van der Waals surface area (Å²) in [5, 5.41) is 10.7. The molecule has 0 saturated carbocycles. The molecule has 0 amide bonds. The molecule has 0 radical (unpaired) electrons. The van der Waals surface area contributed by atoms with E-state index in [4.69, 9.17) is 11.6 Å². The fourth-order valence-corrected chi connectivity index (χ4v) is 3.46. The number of non-ortho nitro benzene ring substituents is 1. The van der Waals surface area contributed by atoms with Gasteiger partial charge in [-0.3, -0.25) is 14.9 Å². The number of ketones is 1. The summed E-state index contributed by atoms with van der Waals surface area (Å²) < 4.78 is 21.9. The first-order valence-electron chi connectivity index (χ1n) is 5.90. The Labute approximate surface area is 121 Å². The van der Waals surface area contributed by atoms with Gasteiger partial charge in [-0.25, -0.2) is 8.42 Å². The van der Waals surface area contributed by atoms with Gasteiger partial charge in [-0.1, -0.05) is 37.6 Å². The van der Waals surface area contributed by atoms with Crippen molar-refractivity contribution >= 4 is 32.9 Å². The number of carbonyl (C=O) groups excluding carboxylic acids is 1. The summed E-state index contributed by atoms with van der Waals surface area (Å²) in [6.45, 7) is 2.87. The van der Waals surface area contributed by atoms with Crippen molar-refractivity contribution in [1.82, 2.24) is 0 Å². The maximum Gasteiger partial charge on any atom is 0.270 e. The highest BCUT2D eigenvalue weighted by Crippen LogP contribution is 2.32. The summed E-state index contributed by atoms with van der Waals surface area (Å²) >= 11 is 6.03. The van der Waals surface area contributed by atoms with Crippen LogP contribution < -0.4 is 0 Å². The Balaban J connectivity index is 3.36. The van der Waals surface area contributed by atoms with Gasteiger partial charge in [0.25, 0.3) is 5.69 Å². The normalized spacial score (nSPS) is 14.6. The van der Waals surface area contributed by atoms with E-state index < -0.39 is 24.8 Å². The van der Waals surface area contributed by atoms with Crippen LogP contribution >= 0.6 is 11.6 Å². The number of carbonyl (C=O) groups is 1. The highest BCUT2D eigenvalue weighted by Gasteiger charge is 2.46. The third kappa shape index (κ3) is 2.83. The number of benzene rings is 1. The molecule has 1 aromatic carbocycles. The molecule has 0 aromatic heterocycles. The van der Waals surface area contributed by atoms with Crippen LogP contribution in [-0.2, 0) is 9.84 Å². The summed E-state index contributed by atoms with van der Waals surface area (Å²) in [6.07, 6.45) is -0.119. The summed E-state index contributed by atoms with van der Waals surface area (Å²) in [7, 11) is -3.84. The number of nitro groups is 1. The second-order valence-electron chi connectivity index (χ2n) is 4.12. The zero-order chi connectivity index (χ0) is 15.6. The molecule has 0 saturated heterocycles. The first kappa shape index (κ1) is 16.6. The molecule has 0 aliphatic rings. The molecule has 1 rings (SSSR count). The summed E-state index contributed by atoms with van der Waals surface area (Å²) in [5.41, 5.74) is -0.382. The van der Waals surface area contributed by atoms with Crippen molar-refractivity contribution in [3.8, 4) is 0 Å². The third-order valence-electron chi connectivity index (χ3n) is 2.99. The maximum absolute atomic E-state index is 12.3. The summed E-state index contributed by atoms with van der Waals surface area (Å²) in [4.78, 5) is 22.4. The molecular weight excluding hydrogens is 306 g/mol. The number of rotatable bonds is 6. The minimum Gasteiger partial charge on any atom is -0.291 e. The van der Waals surface area contributed by atoms with Crippen LogP contribution in [0.25, 0.3) is 0 Å². The molecule has 0 fully saturated rings. The smallest absolute Gasteiger partial charge is 0.270 e. The number of hydrogen-bond acceptors (Lipinski definition) is 5. The molecule has 8 heteroatoms. The molecule has 0 aliphatic carbocycles. The second kappa shape index (κ2) is 5.88. The number of hydrogen-bond donors (Lipinski definition) is 0. The van der Waals surface area contributed by atoms with Gasteiger partial charge < -0.3 is 0 Å². The largest absolute Gasteiger partial charge is 0.291 e. The van der Waals surface area contributed by atoms with E-state index in [0.29, 0.717) is 0 Å². The molecule has 0 heterocycles. The van der Waals surface area contributed by atoms with Crippen molar-refractivity contribution in [3.63, 3.8) is 0 Å². The van der Waals surface area contributed by atoms with Gasteiger partial charge in [-0.2, -0.15) is 0 Å². The molecular formula is C12H14ClNO5S. The minimum atomic E-state index is -3.84. The van der Waals surface area contributed by atoms with E-state index in [0.717, 1.165) is 6.07 Å². The van der Waals surface area contributed by atoms with E-state index in [2.05, 4.69) is 0 Å². The Kier molecular flexibility index (Phi) is 4.88. The first-order chi connectivity index (χ1) is 9.19. The SMILES string of the molecule is CC[C@](Cl)(C(=O)c1cccc([N+](=O)[O-])c1)S(=O)(=O)CC. The number of sulfone groups is 1. The summed E-state index contributed by atoms with van der Waals surface area (Å²) in [6, 6.07) is 4.87. The van der Waals surface area contributed by atoms with Gasteiger partial charge in [0, 0.05) is 23.4 Å². The van der Waals surface area contributed by atoms with Crippen molar-refractivity contribution in [1.29, 1.82) is 0 Å². The zero-order valence-electron chi connectivity index (χ0n) is 11.0. The zero-order valence-corrected chi connectivity index (χ0v) is 12.6. The molecule has 1 aromatic rings. The standard InChI is InChI=1S/C12H14ClNO5S/c1-3-12(13,20(18,19)4-2)11(15)9-6-5-7-10(8-9)14(16)17/h5-8H,3-4H2,1-2H3/t12-/m1/s1. The van der Waals surface area contributed by atoms with Crippen LogP contribution in [0.2, 0.25) is 0 Å². The molecule has 6 nitrogen and oxygen atoms in total. The molecule has 0 unspecified atom stereocenters. The lowest BCUT2D eigenvalue weighted by Gasteiger charge is -2.23. The van der Waals surface area contributed by atoms with Crippen LogP contribution in [0.15, 0.2) is 24.3 Å². The van der Waals surface area contributed by atoms with E-state index in [9.17, 15) is 23.3 Å². The first-order valence-corrected chi connectivity index (χ1v) is 7.93. The average Bonchev–Trinajstić information content (AvgIpc) is 2.45. The number of nitro benzene ring substituents is 1. The lowest BCUT2D eigenvalue weighted by Crippen LogP contribution is -2.41. The number of halogens is 1. The van der Waals surface area contributed by atoms with Crippen LogP contribution in [0.1, 0.15) is 30.6 Å². The van der Waals surface area contributed by atoms with Crippen molar-refractivity contribution in [2.45, 2.75) is 24.5 Å². The Morgan fingerprint density at radius 1 is 1.40 bits per heavy atom. The Morgan fingerprint density at radius 3 is 2.45 bits per heavy atom. The van der Waals surface area contributed by atoms with E-state index in [-0.39, 0.29) is 23.4 Å². The van der Waals surface area contributed by atoms with Crippen LogP contribution in [0, 0.1) is 10.1 Å². The third-order valence-corrected chi connectivity index (χ3v) is 6.35. The quantitative estimate of drug-likeness (QED) is 0.347. The van der Waals surface area contributed by atoms with Crippen molar-refractivity contribution in [2.24, 2.45) is 0 Å². The van der Waals surface area contributed by atoms with Crippen LogP contribution in [0.3, 0.4) is 0 Å². The molecule has 0 spiro atoms. The fourth-order valence-electron chi connectivity index (χ4n) is 1.73. The monoisotopic (exact) mass is 319 g/mol. The van der Waals surface area contributed by atoms with E-state index in [1.54, 1.807) is 0 Å². The molecule has 0 bridgehead atoms. The Hall–Kier alpha value is -1.47. The van der Waals surface area contributed by atoms with Crippen LogP contribution in [0.4, 0.5) is 5.69 Å². The lowest BCUT2D eigenvalue weighted by molar-refractivity contribution is -0.384. The molecule has 110 valence electrons. The average molecular weight is 320 g/mol. The minimum absolute atomic E-state index is 0.0897. The number of Topliss-reactive ketones (excluding diaryl/α,β-unsaturated/α-hetero) is 1. The molecule has 1 atom stereocenters. The molecule has 20 heavy (non-hydrogen) atoms. The number of nitrogens with zero attached hydrogens (tertiary/aromatic N) is 1. The second-order valence-corrected chi connectivity index (χ2v) is 7.50. The van der Waals surface area contributed by atoms with Crippen molar-refractivity contribution in [2.75, 3.05) is 5.75 Å². The Bertz CT molecular complexity index is 643. The fraction of sp³-hybridized carbons (Fsp3) is 0.417. The van der Waals surface area contributed by atoms with Gasteiger partial charge in [0.05, 0.1) is 4.92 Å². The van der Waals surface area contributed by atoms with Crippen LogP contribution in [-0.4, -0.2) is 29.1 Å². The predicted molar refractivity (Wildman–Crippen MR) is 75.8 cm³/mol. The van der Waals surface area contributed by atoms with Gasteiger partial charge in [0.2, 0.25) is 4.21 Å². The lowest BCUT2D eigenvalue weighted by atomic mass is 10.1. The molecule has 0 aliphatic heterocycles. The topological polar surface area (TPSA) is 94.3 Å². The molecule has 0 N–H and O–H groups in total. The van der Waals surface area contributed by atoms with Gasteiger partial charge in [0.15, 0.2) is 15.6 Å². The van der Waals surface area contributed by atoms with Gasteiger partial charge in [-0.15, -0.1) is 0 Å². The maximum atomic E-state index is 12.3. The van der Waals surface area contributed by atoms with Gasteiger partial charge in [-0.05, 0) is 6.42 Å². The van der Waals surface area contributed by atoms with E-state index >= 15 is 0 Å². The van der Waals surface area contributed by atoms with Gasteiger partial charge in [0.1, 0.15) is 0 Å². The van der Waals surface area contributed by atoms with Gasteiger partial charge >= 0.3 is 0 Å². The van der Waals surface area contributed by atoms with E-state index in [1.807, 2.05) is 0 Å². The summed E-state index contributed by atoms with van der Waals surface area (Å²) in [5.74, 6) is -1.13. The van der Waals surface area contributed by atoms with Crippen molar-refractivity contribution < 1.29 is 18.1 Å². The predicted octanol–water partition coefficient (Wildman–Crippen LogP) is 2.56. The van der Waals surface area contributed by atoms with E-state index in [1.165, 1.54) is 32.0 Å². The number of alkyl halides is 1. The highest BCUT2D eigenvalue weighted by molar-refractivity contribution is 7.95. The highest BCUT2D eigenvalue weighted by atomic mass is 35.5. The Morgan fingerprint density at radius 2 is 2.00 bits per heavy atom. The van der Waals surface area contributed by atoms with Crippen molar-refractivity contribution in [3.05, 3.63) is 39.9 Å².